The molecule has 0 radical (unpaired) electrons. The number of aliphatic hydroxyl groups is 2. The Bertz CT molecular complexity index is 796. The van der Waals surface area contributed by atoms with Crippen molar-refractivity contribution < 1.29 is 19.8 Å². The molecule has 1 aromatic rings. The summed E-state index contributed by atoms with van der Waals surface area (Å²) in [6.45, 7) is 1.56. The van der Waals surface area contributed by atoms with E-state index in [4.69, 9.17) is 5.73 Å². The van der Waals surface area contributed by atoms with Gasteiger partial charge < -0.3 is 20.8 Å². The summed E-state index contributed by atoms with van der Waals surface area (Å²) in [7, 11) is 0. The highest BCUT2D eigenvalue weighted by Gasteiger charge is 2.41. The minimum absolute atomic E-state index is 0.343. The van der Waals surface area contributed by atoms with Crippen LogP contribution in [-0.2, 0) is 4.79 Å². The van der Waals surface area contributed by atoms with Crippen LogP contribution >= 0.6 is 0 Å². The van der Waals surface area contributed by atoms with Gasteiger partial charge in [0.2, 0.25) is 5.91 Å². The lowest BCUT2D eigenvalue weighted by molar-refractivity contribution is -0.143. The number of nitrogens with two attached hydrogens (primary N) is 1. The van der Waals surface area contributed by atoms with Crippen molar-refractivity contribution in [2.45, 2.75) is 75.5 Å². The first kappa shape index (κ1) is 23.2. The third-order valence-electron chi connectivity index (χ3n) is 7.88. The number of aliphatic hydroxyl groups excluding tert-OH is 2. The molecular formula is C25H37N3O4. The van der Waals surface area contributed by atoms with Gasteiger partial charge in [-0.2, -0.15) is 0 Å². The number of rotatable bonds is 9. The van der Waals surface area contributed by atoms with Crippen molar-refractivity contribution >= 4 is 11.8 Å². The third kappa shape index (κ3) is 5.16. The summed E-state index contributed by atoms with van der Waals surface area (Å²) in [5, 5.41) is 19.2. The molecule has 32 heavy (non-hydrogen) atoms. The van der Waals surface area contributed by atoms with Crippen LogP contribution in [0.3, 0.4) is 0 Å². The maximum Gasteiger partial charge on any atom is 0.253 e. The fraction of sp³-hybridized carbons (Fsp3) is 0.680. The molecule has 1 aromatic carbocycles. The second-order valence-electron chi connectivity index (χ2n) is 9.91. The van der Waals surface area contributed by atoms with E-state index in [0.717, 1.165) is 45.1 Å². The molecule has 2 amide bonds. The maximum absolute atomic E-state index is 12.7. The number of nitrogens with zero attached hydrogens (tertiary/aromatic N) is 2. The Morgan fingerprint density at radius 2 is 1.81 bits per heavy atom. The fourth-order valence-corrected chi connectivity index (χ4v) is 6.18. The van der Waals surface area contributed by atoms with Crippen LogP contribution in [0.5, 0.6) is 0 Å². The van der Waals surface area contributed by atoms with Crippen molar-refractivity contribution in [3.05, 3.63) is 35.4 Å². The summed E-state index contributed by atoms with van der Waals surface area (Å²) in [5.41, 5.74) is 7.24. The van der Waals surface area contributed by atoms with E-state index in [2.05, 4.69) is 11.0 Å². The summed E-state index contributed by atoms with van der Waals surface area (Å²) in [6, 6.07) is 8.68. The molecule has 2 bridgehead atoms. The Morgan fingerprint density at radius 3 is 2.44 bits per heavy atom. The summed E-state index contributed by atoms with van der Waals surface area (Å²) in [5.74, 6) is 0.203. The topological polar surface area (TPSA) is 107 Å². The summed E-state index contributed by atoms with van der Waals surface area (Å²) in [4.78, 5) is 28.6. The summed E-state index contributed by atoms with van der Waals surface area (Å²) >= 11 is 0. The molecule has 0 spiro atoms. The zero-order valence-electron chi connectivity index (χ0n) is 18.9. The van der Waals surface area contributed by atoms with Gasteiger partial charge in [0.05, 0.1) is 6.61 Å². The fourth-order valence-electron chi connectivity index (χ4n) is 6.18. The number of amides is 2. The van der Waals surface area contributed by atoms with E-state index in [1.807, 2.05) is 12.1 Å². The Kier molecular flexibility index (Phi) is 7.48. The summed E-state index contributed by atoms with van der Waals surface area (Å²) in [6.07, 6.45) is 7.80. The van der Waals surface area contributed by atoms with Crippen LogP contribution in [0.15, 0.2) is 24.3 Å². The van der Waals surface area contributed by atoms with Crippen LogP contribution < -0.4 is 5.73 Å². The van der Waals surface area contributed by atoms with E-state index >= 15 is 0 Å². The van der Waals surface area contributed by atoms with Crippen LogP contribution in [-0.4, -0.2) is 76.3 Å². The normalized spacial score (nSPS) is 26.9. The molecule has 0 aromatic heterocycles. The molecule has 2 saturated heterocycles. The molecule has 7 nitrogen and oxygen atoms in total. The lowest BCUT2D eigenvalue weighted by atomic mass is 9.84. The molecule has 176 valence electrons. The molecule has 3 fully saturated rings. The highest BCUT2D eigenvalue weighted by atomic mass is 16.3. The van der Waals surface area contributed by atoms with E-state index in [1.54, 1.807) is 11.0 Å². The predicted molar refractivity (Wildman–Crippen MR) is 122 cm³/mol. The molecular weight excluding hydrogens is 406 g/mol. The Hall–Kier alpha value is -1.96. The second kappa shape index (κ2) is 10.3. The van der Waals surface area contributed by atoms with Crippen molar-refractivity contribution in [1.82, 2.24) is 9.80 Å². The second-order valence-corrected chi connectivity index (χ2v) is 9.91. The maximum atomic E-state index is 12.7. The number of carbonyl (C=O) groups is 2. The molecule has 4 N–H and O–H groups in total. The number of hydrogen-bond donors (Lipinski definition) is 3. The van der Waals surface area contributed by atoms with Gasteiger partial charge in [0.25, 0.3) is 5.91 Å². The predicted octanol–water partition coefficient (Wildman–Crippen LogP) is 1.87. The smallest absolute Gasteiger partial charge is 0.253 e. The van der Waals surface area contributed by atoms with Crippen molar-refractivity contribution in [1.29, 1.82) is 0 Å². The third-order valence-corrected chi connectivity index (χ3v) is 7.88. The van der Waals surface area contributed by atoms with Gasteiger partial charge in [-0.3, -0.25) is 14.5 Å². The highest BCUT2D eigenvalue weighted by molar-refractivity contribution is 5.92. The number of piperidine rings is 1. The minimum Gasteiger partial charge on any atom is -0.393 e. The van der Waals surface area contributed by atoms with Gasteiger partial charge in [0, 0.05) is 37.3 Å². The van der Waals surface area contributed by atoms with Gasteiger partial charge in [0.1, 0.15) is 0 Å². The number of benzene rings is 1. The Balaban J connectivity index is 1.38. The van der Waals surface area contributed by atoms with E-state index in [-0.39, 0.29) is 11.8 Å². The average molecular weight is 444 g/mol. The van der Waals surface area contributed by atoms with Crippen molar-refractivity contribution in [2.75, 3.05) is 26.2 Å². The Labute approximate surface area is 190 Å². The van der Waals surface area contributed by atoms with Gasteiger partial charge in [-0.25, -0.2) is 0 Å². The number of carbonyl (C=O) groups excluding carboxylic acids is 2. The molecule has 1 saturated carbocycles. The first-order chi connectivity index (χ1) is 15.5. The molecule has 2 aliphatic heterocycles. The zero-order chi connectivity index (χ0) is 22.7. The Morgan fingerprint density at radius 1 is 1.12 bits per heavy atom. The van der Waals surface area contributed by atoms with E-state index < -0.39 is 12.7 Å². The first-order valence-electron chi connectivity index (χ1n) is 12.2. The van der Waals surface area contributed by atoms with Crippen molar-refractivity contribution in [3.63, 3.8) is 0 Å². The standard InChI is InChI=1S/C25H37N3O4/c26-24(31)19-7-3-6-18(12-19)20-13-21-8-9-22(14-20)28(21)11-10-27(25(32)23(30)16-29)15-17-4-1-2-5-17/h3,6-7,12,17,20-23,29-30H,1-2,4-5,8-11,13-16H2,(H2,26,31)/t20?,21?,22?,23-/m1/s1. The number of fused-ring (bicyclic) bond motifs is 2. The molecule has 3 aliphatic rings. The van der Waals surface area contributed by atoms with Crippen molar-refractivity contribution in [2.24, 2.45) is 11.7 Å². The number of primary amides is 1. The molecule has 4 rings (SSSR count). The van der Waals surface area contributed by atoms with Crippen LogP contribution in [0.4, 0.5) is 0 Å². The lowest BCUT2D eigenvalue weighted by Crippen LogP contribution is -2.49. The van der Waals surface area contributed by atoms with Crippen LogP contribution in [0.2, 0.25) is 0 Å². The largest absolute Gasteiger partial charge is 0.393 e. The van der Waals surface area contributed by atoms with Gasteiger partial charge in [-0.15, -0.1) is 0 Å². The van der Waals surface area contributed by atoms with Gasteiger partial charge in [0.15, 0.2) is 6.10 Å². The SMILES string of the molecule is NC(=O)c1cccc(C2CC3CCC(C2)N3CCN(CC2CCCC2)C(=O)[C@H](O)CO)c1. The molecule has 2 unspecified atom stereocenters. The molecule has 1 aliphatic carbocycles. The van der Waals surface area contributed by atoms with Gasteiger partial charge in [-0.1, -0.05) is 25.0 Å². The monoisotopic (exact) mass is 443 g/mol. The van der Waals surface area contributed by atoms with Crippen LogP contribution in [0, 0.1) is 5.92 Å². The van der Waals surface area contributed by atoms with Gasteiger partial charge in [-0.05, 0) is 68.1 Å². The van der Waals surface area contributed by atoms with Crippen LogP contribution in [0.1, 0.15) is 73.2 Å². The van der Waals surface area contributed by atoms with Crippen molar-refractivity contribution in [3.8, 4) is 0 Å². The zero-order valence-corrected chi connectivity index (χ0v) is 18.9. The van der Waals surface area contributed by atoms with Gasteiger partial charge >= 0.3 is 0 Å². The van der Waals surface area contributed by atoms with E-state index in [9.17, 15) is 19.8 Å². The quantitative estimate of drug-likeness (QED) is 0.540. The molecule has 2 heterocycles. The number of hydrogen-bond acceptors (Lipinski definition) is 5. The van der Waals surface area contributed by atoms with Crippen LogP contribution in [0.25, 0.3) is 0 Å². The average Bonchev–Trinajstić information content (AvgIpc) is 3.40. The summed E-state index contributed by atoms with van der Waals surface area (Å²) < 4.78 is 0. The lowest BCUT2D eigenvalue weighted by Gasteiger charge is -2.40. The van der Waals surface area contributed by atoms with E-state index in [1.165, 1.54) is 18.4 Å². The van der Waals surface area contributed by atoms with E-state index in [0.29, 0.717) is 42.6 Å². The molecule has 7 heteroatoms. The molecule has 3 atom stereocenters. The first-order valence-corrected chi connectivity index (χ1v) is 12.2. The minimum atomic E-state index is -1.32. The highest BCUT2D eigenvalue weighted by Crippen LogP contribution is 2.43.